The molecule has 0 heterocycles. The lowest BCUT2D eigenvalue weighted by atomic mass is 9.59. The molecule has 0 aromatic heterocycles. The fourth-order valence-corrected chi connectivity index (χ4v) is 14.2. The number of hydrogen-bond donors (Lipinski definition) is 0. The van der Waals surface area contributed by atoms with Crippen molar-refractivity contribution in [2.45, 2.75) is 105 Å². The molecule has 9 rings (SSSR count). The van der Waals surface area contributed by atoms with Gasteiger partial charge in [-0.2, -0.15) is 13.2 Å². The van der Waals surface area contributed by atoms with Crippen LogP contribution in [0.4, 0.5) is 13.2 Å². The summed E-state index contributed by atoms with van der Waals surface area (Å²) >= 11 is 0. The van der Waals surface area contributed by atoms with Crippen LogP contribution < -0.4 is 4.74 Å². The number of benzene rings is 3. The molecule has 13 unspecified atom stereocenters. The minimum Gasteiger partial charge on any atom is -0.465 e. The highest BCUT2D eigenvalue weighted by molar-refractivity contribution is 5.99. The van der Waals surface area contributed by atoms with Gasteiger partial charge in [0.1, 0.15) is 18.5 Å². The maximum absolute atomic E-state index is 14.8. The van der Waals surface area contributed by atoms with E-state index in [1.54, 1.807) is 40.7 Å². The van der Waals surface area contributed by atoms with Crippen LogP contribution in [0.2, 0.25) is 0 Å². The lowest BCUT2D eigenvalue weighted by Crippen LogP contribution is -2.47. The van der Waals surface area contributed by atoms with Crippen molar-refractivity contribution in [2.24, 2.45) is 81.3 Å². The van der Waals surface area contributed by atoms with E-state index in [0.717, 1.165) is 82.7 Å². The van der Waals surface area contributed by atoms with E-state index in [2.05, 4.69) is 18.2 Å². The smallest absolute Gasteiger partial charge is 0.394 e. The summed E-state index contributed by atoms with van der Waals surface area (Å²) in [6.45, 7) is 8.53. The van der Waals surface area contributed by atoms with Gasteiger partial charge in [0.25, 0.3) is 0 Å². The van der Waals surface area contributed by atoms with Gasteiger partial charge in [0, 0.05) is 0 Å². The van der Waals surface area contributed by atoms with E-state index in [9.17, 15) is 27.6 Å². The van der Waals surface area contributed by atoms with Crippen LogP contribution in [0.25, 0.3) is 21.5 Å². The number of hydrogen-bond acceptors (Lipinski definition) is 6. The molecular weight excluding hydrogens is 730 g/mol. The first-order chi connectivity index (χ1) is 26.8. The summed E-state index contributed by atoms with van der Waals surface area (Å²) in [5.74, 6) is 4.07. The Bertz CT molecular complexity index is 2110. The van der Waals surface area contributed by atoms with E-state index < -0.39 is 52.9 Å². The van der Waals surface area contributed by atoms with Crippen molar-refractivity contribution in [3.63, 3.8) is 0 Å². The maximum Gasteiger partial charge on any atom is 0.394 e. The van der Waals surface area contributed by atoms with Crippen LogP contribution in [0.3, 0.4) is 0 Å². The van der Waals surface area contributed by atoms with Gasteiger partial charge in [-0.1, -0.05) is 37.3 Å². The summed E-state index contributed by atoms with van der Waals surface area (Å²) in [7, 11) is 0. The van der Waals surface area contributed by atoms with E-state index in [4.69, 9.17) is 14.2 Å². The molecule has 306 valence electrons. The molecule has 0 spiro atoms. The van der Waals surface area contributed by atoms with Gasteiger partial charge in [0.15, 0.2) is 0 Å². The van der Waals surface area contributed by atoms with Crippen LogP contribution in [0.1, 0.15) is 92.9 Å². The van der Waals surface area contributed by atoms with Gasteiger partial charge in [-0.05, 0) is 191 Å². The van der Waals surface area contributed by atoms with E-state index in [1.165, 1.54) is 25.7 Å². The molecule has 6 aliphatic rings. The van der Waals surface area contributed by atoms with Crippen molar-refractivity contribution >= 4 is 39.5 Å². The van der Waals surface area contributed by atoms with Crippen LogP contribution in [-0.4, -0.2) is 36.8 Å². The Balaban J connectivity index is 0.941. The topological polar surface area (TPSA) is 78.9 Å². The van der Waals surface area contributed by atoms with Crippen LogP contribution in [0.15, 0.2) is 54.6 Å². The number of carbonyl (C=O) groups excluding carboxylic acids is 3. The van der Waals surface area contributed by atoms with Gasteiger partial charge < -0.3 is 14.2 Å². The number of carbonyl (C=O) groups is 3. The number of halogens is 3. The Labute approximate surface area is 333 Å². The molecule has 0 aliphatic heterocycles. The zero-order valence-corrected chi connectivity index (χ0v) is 34.1. The quantitative estimate of drug-likeness (QED) is 0.0834. The second kappa shape index (κ2) is 13.5. The molecule has 0 N–H and O–H groups in total. The molecule has 0 amide bonds. The Hall–Kier alpha value is -3.62. The summed E-state index contributed by atoms with van der Waals surface area (Å²) in [4.78, 5) is 42.3. The van der Waals surface area contributed by atoms with Crippen molar-refractivity contribution in [1.29, 1.82) is 0 Å². The lowest BCUT2D eigenvalue weighted by Gasteiger charge is -2.47. The Morgan fingerprint density at radius 2 is 1.23 bits per heavy atom. The molecule has 9 heteroatoms. The summed E-state index contributed by atoms with van der Waals surface area (Å²) in [6, 6.07) is 17.7. The molecule has 13 atom stereocenters. The molecule has 6 saturated carbocycles. The number of alkyl halides is 3. The second-order valence-corrected chi connectivity index (χ2v) is 20.9. The Morgan fingerprint density at radius 3 is 1.88 bits per heavy atom. The summed E-state index contributed by atoms with van der Waals surface area (Å²) in [6.07, 6.45) is 2.68. The summed E-state index contributed by atoms with van der Waals surface area (Å²) < 4.78 is 57.8. The molecule has 3 aromatic carbocycles. The van der Waals surface area contributed by atoms with E-state index in [1.807, 2.05) is 30.3 Å². The summed E-state index contributed by atoms with van der Waals surface area (Å²) in [5.41, 5.74) is -3.94. The molecular formula is C48H57F3O6. The SMILES string of the molecule is CC(COC(=O)C(C)(C)CC(C)(CC(C)(C)C(=O)Oc1ccc2cc3ccccc3cc2c1)C(=O)OC1CC2CC1C1C3CC(C4C5CCC(C5)C34)C21)C(F)(F)F. The lowest BCUT2D eigenvalue weighted by molar-refractivity contribution is -0.190. The predicted octanol–water partition coefficient (Wildman–Crippen LogP) is 11.0. The van der Waals surface area contributed by atoms with E-state index in [0.29, 0.717) is 23.5 Å². The molecule has 0 radical (unpaired) electrons. The van der Waals surface area contributed by atoms with Gasteiger partial charge in [0.05, 0.1) is 22.2 Å². The number of rotatable bonds is 11. The van der Waals surface area contributed by atoms with Crippen molar-refractivity contribution in [3.8, 4) is 5.75 Å². The van der Waals surface area contributed by atoms with Gasteiger partial charge in [-0.25, -0.2) is 0 Å². The van der Waals surface area contributed by atoms with Crippen molar-refractivity contribution in [1.82, 2.24) is 0 Å². The Kier molecular flexibility index (Phi) is 9.18. The third-order valence-electron chi connectivity index (χ3n) is 16.1. The monoisotopic (exact) mass is 786 g/mol. The van der Waals surface area contributed by atoms with Crippen molar-refractivity contribution < 1.29 is 41.8 Å². The largest absolute Gasteiger partial charge is 0.465 e. The number of esters is 3. The maximum atomic E-state index is 14.8. The highest BCUT2D eigenvalue weighted by Crippen LogP contribution is 2.76. The third kappa shape index (κ3) is 6.56. The van der Waals surface area contributed by atoms with E-state index >= 15 is 0 Å². The standard InChI is InChI=1S/C48H57F3O6/c1-25(48(49,50)51)22-55-42(52)45(2,3)23-47(6,24-46(4,5)43(53)56-33-14-13-28-15-26-9-7-8-10-27(26)16-31(28)18-33)44(54)57-37-20-32-19-34(37)41-36-21-35(40(32)41)38-29-11-12-30(17-29)39(36)38/h7-10,13-16,18,25,29-30,32,34-41H,11-12,17,19-24H2,1-6H3. The highest BCUT2D eigenvalue weighted by Gasteiger charge is 2.72. The van der Waals surface area contributed by atoms with Gasteiger partial charge >= 0.3 is 24.1 Å². The molecule has 3 aromatic rings. The molecule has 6 bridgehead atoms. The number of ether oxygens (including phenoxy) is 3. The molecule has 6 fully saturated rings. The minimum atomic E-state index is -4.51. The van der Waals surface area contributed by atoms with Crippen LogP contribution in [0, 0.1) is 81.3 Å². The first-order valence-corrected chi connectivity index (χ1v) is 21.4. The van der Waals surface area contributed by atoms with Crippen LogP contribution in [0.5, 0.6) is 5.75 Å². The summed E-state index contributed by atoms with van der Waals surface area (Å²) in [5, 5.41) is 4.11. The van der Waals surface area contributed by atoms with Crippen molar-refractivity contribution in [2.75, 3.05) is 6.61 Å². The minimum absolute atomic E-state index is 0.00403. The average Bonchev–Trinajstić information content (AvgIpc) is 4.00. The third-order valence-corrected chi connectivity index (χ3v) is 16.1. The normalized spacial score (nSPS) is 33.9. The van der Waals surface area contributed by atoms with Crippen LogP contribution >= 0.6 is 0 Å². The van der Waals surface area contributed by atoms with Gasteiger partial charge in [-0.15, -0.1) is 0 Å². The van der Waals surface area contributed by atoms with Crippen molar-refractivity contribution in [3.05, 3.63) is 54.6 Å². The number of fused-ring (bicyclic) bond motifs is 18. The van der Waals surface area contributed by atoms with Gasteiger partial charge in [0.2, 0.25) is 0 Å². The molecule has 57 heavy (non-hydrogen) atoms. The highest BCUT2D eigenvalue weighted by atomic mass is 19.4. The van der Waals surface area contributed by atoms with Gasteiger partial charge in [-0.3, -0.25) is 14.4 Å². The molecule has 6 nitrogen and oxygen atoms in total. The second-order valence-electron chi connectivity index (χ2n) is 20.9. The predicted molar refractivity (Wildman–Crippen MR) is 211 cm³/mol. The zero-order valence-electron chi connectivity index (χ0n) is 34.1. The zero-order chi connectivity index (χ0) is 40.4. The first kappa shape index (κ1) is 38.9. The molecule has 0 saturated heterocycles. The Morgan fingerprint density at radius 1 is 0.649 bits per heavy atom. The average molecular weight is 787 g/mol. The fraction of sp³-hybridized carbons (Fsp3) is 0.646. The fourth-order valence-electron chi connectivity index (χ4n) is 14.2. The molecule has 6 aliphatic carbocycles. The van der Waals surface area contributed by atoms with Crippen LogP contribution in [-0.2, 0) is 23.9 Å². The van der Waals surface area contributed by atoms with E-state index in [-0.39, 0.29) is 18.9 Å². The first-order valence-electron chi connectivity index (χ1n) is 21.4.